The van der Waals surface area contributed by atoms with Crippen molar-refractivity contribution in [1.82, 2.24) is 9.78 Å². The van der Waals surface area contributed by atoms with E-state index in [0.29, 0.717) is 16.6 Å². The molecular formula is C20H18ClN3O2S. The van der Waals surface area contributed by atoms with Gasteiger partial charge in [-0.3, -0.25) is 4.79 Å². The first-order chi connectivity index (χ1) is 13.1. The average molecular weight is 400 g/mol. The summed E-state index contributed by atoms with van der Waals surface area (Å²) in [5, 5.41) is 8.36. The number of benzene rings is 2. The van der Waals surface area contributed by atoms with Gasteiger partial charge in [-0.25, -0.2) is 4.68 Å². The number of hydrogen-bond donors (Lipinski definition) is 1. The third kappa shape index (κ3) is 3.82. The number of hydrogen-bond acceptors (Lipinski definition) is 4. The molecule has 0 saturated heterocycles. The van der Waals surface area contributed by atoms with Crippen LogP contribution in [0.1, 0.15) is 18.2 Å². The molecule has 0 bridgehead atoms. The molecule has 2 heterocycles. The maximum atomic E-state index is 12.7. The Morgan fingerprint density at radius 1 is 1.19 bits per heavy atom. The molecule has 138 valence electrons. The highest BCUT2D eigenvalue weighted by molar-refractivity contribution is 7.98. The van der Waals surface area contributed by atoms with Gasteiger partial charge in [0.1, 0.15) is 11.6 Å². The Bertz CT molecular complexity index is 957. The van der Waals surface area contributed by atoms with Crippen LogP contribution in [0.2, 0.25) is 5.02 Å². The Balaban J connectivity index is 1.59. The van der Waals surface area contributed by atoms with Gasteiger partial charge in [0.15, 0.2) is 6.10 Å². The average Bonchev–Trinajstić information content (AvgIpc) is 3.26. The zero-order chi connectivity index (χ0) is 18.8. The van der Waals surface area contributed by atoms with E-state index in [0.717, 1.165) is 28.5 Å². The highest BCUT2D eigenvalue weighted by atomic mass is 35.5. The van der Waals surface area contributed by atoms with Crippen LogP contribution in [0, 0.1) is 0 Å². The summed E-state index contributed by atoms with van der Waals surface area (Å²) in [5.74, 6) is 2.81. The molecule has 1 N–H and O–H groups in total. The van der Waals surface area contributed by atoms with Gasteiger partial charge in [0.05, 0.1) is 11.4 Å². The first-order valence-corrected chi connectivity index (χ1v) is 10.1. The molecule has 0 unspecified atom stereocenters. The normalized spacial score (nSPS) is 13.9. The fraction of sp³-hybridized carbons (Fsp3) is 0.200. The second-order valence-electron chi connectivity index (χ2n) is 6.22. The molecule has 1 aliphatic heterocycles. The minimum atomic E-state index is -0.634. The van der Waals surface area contributed by atoms with Crippen LogP contribution in [0.4, 0.5) is 5.82 Å². The molecule has 0 radical (unpaired) electrons. The molecule has 5 nitrogen and oxygen atoms in total. The van der Waals surface area contributed by atoms with Crippen molar-refractivity contribution in [3.63, 3.8) is 0 Å². The fourth-order valence-corrected chi connectivity index (χ4v) is 4.05. The van der Waals surface area contributed by atoms with Crippen molar-refractivity contribution in [2.75, 3.05) is 5.32 Å². The summed E-state index contributed by atoms with van der Waals surface area (Å²) in [4.78, 5) is 12.7. The minimum absolute atomic E-state index is 0.214. The summed E-state index contributed by atoms with van der Waals surface area (Å²) in [6.45, 7) is 1.74. The monoisotopic (exact) mass is 399 g/mol. The number of carbonyl (C=O) groups is 1. The zero-order valence-corrected chi connectivity index (χ0v) is 16.3. The number of fused-ring (bicyclic) bond motifs is 1. The Kier molecular flexibility index (Phi) is 5.09. The maximum absolute atomic E-state index is 12.7. The standard InChI is InChI=1S/C20H18ClN3O2S/c1-13(26-16-5-3-2-4-6-16)20(25)22-19-17-11-27-12-18(17)23-24(19)15-9-7-14(21)8-10-15/h2-10,13H,11-12H2,1H3,(H,22,25)/t13-/m0/s1. The molecule has 7 heteroatoms. The van der Waals surface area contributed by atoms with Crippen LogP contribution < -0.4 is 10.1 Å². The van der Waals surface area contributed by atoms with E-state index in [4.69, 9.17) is 16.3 Å². The molecular weight excluding hydrogens is 382 g/mol. The van der Waals surface area contributed by atoms with Gasteiger partial charge >= 0.3 is 0 Å². The van der Waals surface area contributed by atoms with Crippen molar-refractivity contribution < 1.29 is 9.53 Å². The van der Waals surface area contributed by atoms with Crippen molar-refractivity contribution in [1.29, 1.82) is 0 Å². The Hall–Kier alpha value is -2.44. The van der Waals surface area contributed by atoms with Crippen molar-refractivity contribution >= 4 is 35.1 Å². The molecule has 2 aromatic carbocycles. The molecule has 4 rings (SSSR count). The summed E-state index contributed by atoms with van der Waals surface area (Å²) >= 11 is 7.79. The van der Waals surface area contributed by atoms with Crippen LogP contribution in [0.15, 0.2) is 54.6 Å². The number of nitrogens with zero attached hydrogens (tertiary/aromatic N) is 2. The van der Waals surface area contributed by atoms with Gasteiger partial charge in [0.2, 0.25) is 0 Å². The van der Waals surface area contributed by atoms with Crippen LogP contribution in [0.25, 0.3) is 5.69 Å². The highest BCUT2D eigenvalue weighted by Gasteiger charge is 2.26. The van der Waals surface area contributed by atoms with E-state index in [1.807, 2.05) is 54.6 Å². The van der Waals surface area contributed by atoms with Gasteiger partial charge in [-0.05, 0) is 43.3 Å². The topological polar surface area (TPSA) is 56.1 Å². The lowest BCUT2D eigenvalue weighted by atomic mass is 10.2. The number of halogens is 1. The molecule has 1 atom stereocenters. The SMILES string of the molecule is C[C@H](Oc1ccccc1)C(=O)Nc1c2c(nn1-c1ccc(Cl)cc1)CSC2. The number of amides is 1. The van der Waals surface area contributed by atoms with Crippen LogP contribution in [-0.2, 0) is 16.3 Å². The second-order valence-corrected chi connectivity index (χ2v) is 7.64. The molecule has 1 amide bonds. The Labute approximate surface area is 166 Å². The van der Waals surface area contributed by atoms with Crippen molar-refractivity contribution in [2.45, 2.75) is 24.5 Å². The number of nitrogens with one attached hydrogen (secondary N) is 1. The van der Waals surface area contributed by atoms with Gasteiger partial charge in [0.25, 0.3) is 5.91 Å². The molecule has 0 aliphatic carbocycles. The van der Waals surface area contributed by atoms with Crippen LogP contribution in [-0.4, -0.2) is 21.8 Å². The minimum Gasteiger partial charge on any atom is -0.481 e. The van der Waals surface area contributed by atoms with E-state index in [1.54, 1.807) is 23.4 Å². The summed E-state index contributed by atoms with van der Waals surface area (Å²) < 4.78 is 7.51. The number of carbonyl (C=O) groups excluding carboxylic acids is 1. The number of para-hydroxylation sites is 1. The number of rotatable bonds is 5. The van der Waals surface area contributed by atoms with Crippen molar-refractivity contribution in [3.05, 3.63) is 70.9 Å². The molecule has 1 aromatic heterocycles. The number of ether oxygens (including phenoxy) is 1. The van der Waals surface area contributed by atoms with Gasteiger partial charge in [-0.1, -0.05) is 29.8 Å². The molecule has 0 saturated carbocycles. The van der Waals surface area contributed by atoms with Crippen molar-refractivity contribution in [3.8, 4) is 11.4 Å². The zero-order valence-electron chi connectivity index (χ0n) is 14.7. The number of thioether (sulfide) groups is 1. The number of anilines is 1. The quantitative estimate of drug-likeness (QED) is 0.676. The summed E-state index contributed by atoms with van der Waals surface area (Å²) in [7, 11) is 0. The van der Waals surface area contributed by atoms with Gasteiger partial charge in [-0.2, -0.15) is 16.9 Å². The van der Waals surface area contributed by atoms with Crippen molar-refractivity contribution in [2.24, 2.45) is 0 Å². The molecule has 0 spiro atoms. The molecule has 27 heavy (non-hydrogen) atoms. The first kappa shape index (κ1) is 17.9. The lowest BCUT2D eigenvalue weighted by molar-refractivity contribution is -0.122. The first-order valence-electron chi connectivity index (χ1n) is 8.59. The second kappa shape index (κ2) is 7.66. The summed E-state index contributed by atoms with van der Waals surface area (Å²) in [5.41, 5.74) is 2.92. The van der Waals surface area contributed by atoms with Gasteiger partial charge < -0.3 is 10.1 Å². The molecule has 0 fully saturated rings. The smallest absolute Gasteiger partial charge is 0.266 e. The third-order valence-electron chi connectivity index (χ3n) is 4.29. The number of aromatic nitrogens is 2. The lowest BCUT2D eigenvalue weighted by Gasteiger charge is -2.16. The summed E-state index contributed by atoms with van der Waals surface area (Å²) in [6.07, 6.45) is -0.634. The highest BCUT2D eigenvalue weighted by Crippen LogP contribution is 2.36. The van der Waals surface area contributed by atoms with E-state index in [-0.39, 0.29) is 5.91 Å². The Morgan fingerprint density at radius 3 is 2.67 bits per heavy atom. The largest absolute Gasteiger partial charge is 0.481 e. The fourth-order valence-electron chi connectivity index (χ4n) is 2.89. The van der Waals surface area contributed by atoms with Gasteiger partial charge in [-0.15, -0.1) is 0 Å². The predicted molar refractivity (Wildman–Crippen MR) is 109 cm³/mol. The predicted octanol–water partition coefficient (Wildman–Crippen LogP) is 4.68. The van der Waals surface area contributed by atoms with Gasteiger partial charge in [0, 0.05) is 22.1 Å². The van der Waals surface area contributed by atoms with E-state index < -0.39 is 6.10 Å². The molecule has 3 aromatic rings. The summed E-state index contributed by atoms with van der Waals surface area (Å²) in [6, 6.07) is 16.7. The Morgan fingerprint density at radius 2 is 1.93 bits per heavy atom. The molecule has 1 aliphatic rings. The van der Waals surface area contributed by atoms with E-state index in [9.17, 15) is 4.79 Å². The third-order valence-corrected chi connectivity index (χ3v) is 5.51. The van der Waals surface area contributed by atoms with E-state index in [1.165, 1.54) is 0 Å². The maximum Gasteiger partial charge on any atom is 0.266 e. The van der Waals surface area contributed by atoms with Crippen LogP contribution in [0.5, 0.6) is 5.75 Å². The lowest BCUT2D eigenvalue weighted by Crippen LogP contribution is -2.31. The van der Waals surface area contributed by atoms with Crippen LogP contribution >= 0.6 is 23.4 Å². The van der Waals surface area contributed by atoms with E-state index in [2.05, 4.69) is 10.4 Å². The van der Waals surface area contributed by atoms with E-state index >= 15 is 0 Å². The van der Waals surface area contributed by atoms with Crippen LogP contribution in [0.3, 0.4) is 0 Å².